The summed E-state index contributed by atoms with van der Waals surface area (Å²) in [6.45, 7) is 1.87. The van der Waals surface area contributed by atoms with Gasteiger partial charge in [0.15, 0.2) is 11.5 Å². The first-order valence-corrected chi connectivity index (χ1v) is 10.2. The zero-order valence-corrected chi connectivity index (χ0v) is 18.2. The molecule has 0 amide bonds. The highest BCUT2D eigenvalue weighted by Crippen LogP contribution is 2.29. The maximum absolute atomic E-state index is 6.34. The minimum Gasteiger partial charge on any atom is -0.324 e. The number of rotatable bonds is 4. The lowest BCUT2D eigenvalue weighted by molar-refractivity contribution is 0.839. The predicted octanol–water partition coefficient (Wildman–Crippen LogP) is 5.41. The second-order valence-electron chi connectivity index (χ2n) is 6.66. The number of aromatic nitrogens is 7. The molecule has 5 aromatic rings. The highest BCUT2D eigenvalue weighted by Gasteiger charge is 2.16. The van der Waals surface area contributed by atoms with Gasteiger partial charge in [-0.25, -0.2) is 19.6 Å². The minimum atomic E-state index is 0.375. The van der Waals surface area contributed by atoms with Crippen molar-refractivity contribution in [2.75, 3.05) is 5.32 Å². The summed E-state index contributed by atoms with van der Waals surface area (Å²) in [4.78, 5) is 13.1. The quantitative estimate of drug-likeness (QED) is 0.377. The Bertz CT molecular complexity index is 1430. The molecule has 0 aliphatic heterocycles. The van der Waals surface area contributed by atoms with Crippen LogP contribution in [0.25, 0.3) is 22.5 Å². The third kappa shape index (κ3) is 3.69. The molecule has 0 spiro atoms. The third-order valence-electron chi connectivity index (χ3n) is 4.49. The summed E-state index contributed by atoms with van der Waals surface area (Å²) >= 11 is 18.5. The fourth-order valence-electron chi connectivity index (χ4n) is 3.18. The number of aryl methyl sites for hydroxylation is 1. The molecular formula is C20H13Cl3N8. The third-order valence-corrected chi connectivity index (χ3v) is 5.21. The Morgan fingerprint density at radius 3 is 2.58 bits per heavy atom. The zero-order chi connectivity index (χ0) is 21.5. The van der Waals surface area contributed by atoms with Gasteiger partial charge in [-0.3, -0.25) is 0 Å². The Balaban J connectivity index is 1.58. The van der Waals surface area contributed by atoms with Crippen molar-refractivity contribution >= 4 is 57.5 Å². The van der Waals surface area contributed by atoms with E-state index in [0.29, 0.717) is 38.2 Å². The van der Waals surface area contributed by atoms with Gasteiger partial charge in [0.05, 0.1) is 33.0 Å². The first kappa shape index (κ1) is 19.7. The van der Waals surface area contributed by atoms with Gasteiger partial charge in [0.2, 0.25) is 0 Å². The fraction of sp³-hybridized carbons (Fsp3) is 0.0500. The van der Waals surface area contributed by atoms with Crippen LogP contribution in [0.15, 0.2) is 55.1 Å². The average Bonchev–Trinajstić information content (AvgIpc) is 3.32. The molecule has 31 heavy (non-hydrogen) atoms. The van der Waals surface area contributed by atoms with Gasteiger partial charge in [-0.2, -0.15) is 14.9 Å². The van der Waals surface area contributed by atoms with Crippen LogP contribution >= 0.6 is 34.8 Å². The van der Waals surface area contributed by atoms with E-state index in [-0.39, 0.29) is 0 Å². The molecule has 0 saturated heterocycles. The molecule has 0 radical (unpaired) electrons. The number of fused-ring (bicyclic) bond motifs is 1. The maximum atomic E-state index is 6.34. The Morgan fingerprint density at radius 2 is 1.77 bits per heavy atom. The number of hydrogen-bond acceptors (Lipinski definition) is 6. The smallest absolute Gasteiger partial charge is 0.174 e. The van der Waals surface area contributed by atoms with Crippen LogP contribution < -0.4 is 5.32 Å². The van der Waals surface area contributed by atoms with Crippen molar-refractivity contribution in [3.8, 4) is 11.5 Å². The van der Waals surface area contributed by atoms with Gasteiger partial charge < -0.3 is 5.32 Å². The van der Waals surface area contributed by atoms with Gasteiger partial charge in [0.1, 0.15) is 18.0 Å². The van der Waals surface area contributed by atoms with Crippen molar-refractivity contribution in [1.29, 1.82) is 0 Å². The van der Waals surface area contributed by atoms with Crippen molar-refractivity contribution in [3.63, 3.8) is 0 Å². The second-order valence-corrected chi connectivity index (χ2v) is 7.94. The molecule has 0 fully saturated rings. The number of nitrogens with zero attached hydrogens (tertiary/aromatic N) is 7. The first-order valence-electron chi connectivity index (χ1n) is 9.09. The summed E-state index contributed by atoms with van der Waals surface area (Å²) in [5, 5.41) is 14.4. The Morgan fingerprint density at radius 1 is 0.903 bits per heavy atom. The molecule has 0 unspecified atom stereocenters. The van der Waals surface area contributed by atoms with Gasteiger partial charge in [-0.1, -0.05) is 40.9 Å². The molecule has 5 rings (SSSR count). The summed E-state index contributed by atoms with van der Waals surface area (Å²) in [5.41, 5.74) is 2.20. The van der Waals surface area contributed by atoms with Crippen molar-refractivity contribution in [1.82, 2.24) is 34.5 Å². The van der Waals surface area contributed by atoms with Crippen LogP contribution in [-0.2, 0) is 0 Å². The SMILES string of the molecule is Cc1cc(Nc2ncnc3c2cnn3-c2cccc(Cl)c2)n(-c2ncc(Cl)cc2Cl)n1. The zero-order valence-electron chi connectivity index (χ0n) is 16.0. The monoisotopic (exact) mass is 470 g/mol. The lowest BCUT2D eigenvalue weighted by Gasteiger charge is -2.10. The van der Waals surface area contributed by atoms with Crippen LogP contribution in [0, 0.1) is 6.92 Å². The molecular weight excluding hydrogens is 459 g/mol. The molecule has 0 aliphatic rings. The van der Waals surface area contributed by atoms with Crippen LogP contribution in [-0.4, -0.2) is 34.5 Å². The van der Waals surface area contributed by atoms with Crippen molar-refractivity contribution in [3.05, 3.63) is 75.9 Å². The van der Waals surface area contributed by atoms with Crippen LogP contribution in [0.2, 0.25) is 15.1 Å². The summed E-state index contributed by atoms with van der Waals surface area (Å²) in [7, 11) is 0. The number of hydrogen-bond donors (Lipinski definition) is 1. The standard InChI is InChI=1S/C20H13Cl3N8/c1-11-5-17(31(29-11)20-16(23)7-13(22)8-24-20)28-18-15-9-27-30(19(15)26-10-25-18)14-4-2-3-12(21)6-14/h2-10H,1H3,(H,25,26,28). The van der Waals surface area contributed by atoms with E-state index >= 15 is 0 Å². The van der Waals surface area contributed by atoms with Gasteiger partial charge in [-0.15, -0.1) is 0 Å². The van der Waals surface area contributed by atoms with E-state index in [0.717, 1.165) is 16.8 Å². The number of pyridine rings is 1. The van der Waals surface area contributed by atoms with E-state index in [1.165, 1.54) is 12.5 Å². The van der Waals surface area contributed by atoms with E-state index in [9.17, 15) is 0 Å². The predicted molar refractivity (Wildman–Crippen MR) is 121 cm³/mol. The summed E-state index contributed by atoms with van der Waals surface area (Å²) in [5.74, 6) is 1.64. The normalized spacial score (nSPS) is 11.2. The Kier molecular flexibility index (Phi) is 4.97. The molecule has 1 aromatic carbocycles. The van der Waals surface area contributed by atoms with Crippen LogP contribution in [0.3, 0.4) is 0 Å². The topological polar surface area (TPSA) is 86.3 Å². The Labute approximate surface area is 191 Å². The lowest BCUT2D eigenvalue weighted by atomic mass is 10.3. The molecule has 0 atom stereocenters. The summed E-state index contributed by atoms with van der Waals surface area (Å²) < 4.78 is 3.30. The molecule has 1 N–H and O–H groups in total. The number of nitrogens with one attached hydrogen (secondary N) is 1. The van der Waals surface area contributed by atoms with Crippen molar-refractivity contribution in [2.24, 2.45) is 0 Å². The molecule has 0 bridgehead atoms. The van der Waals surface area contributed by atoms with Crippen LogP contribution in [0.5, 0.6) is 0 Å². The molecule has 0 saturated carbocycles. The highest BCUT2D eigenvalue weighted by molar-refractivity contribution is 6.35. The summed E-state index contributed by atoms with van der Waals surface area (Å²) in [6.07, 6.45) is 4.68. The van der Waals surface area contributed by atoms with Crippen LogP contribution in [0.4, 0.5) is 11.6 Å². The molecule has 11 heteroatoms. The van der Waals surface area contributed by atoms with Crippen molar-refractivity contribution in [2.45, 2.75) is 6.92 Å². The van der Waals surface area contributed by atoms with E-state index < -0.39 is 0 Å². The number of benzene rings is 1. The van der Waals surface area contributed by atoms with E-state index in [2.05, 4.69) is 30.5 Å². The average molecular weight is 472 g/mol. The van der Waals surface area contributed by atoms with Gasteiger partial charge >= 0.3 is 0 Å². The Hall–Kier alpha value is -3.20. The highest BCUT2D eigenvalue weighted by atomic mass is 35.5. The van der Waals surface area contributed by atoms with Gasteiger partial charge in [0, 0.05) is 17.3 Å². The van der Waals surface area contributed by atoms with Crippen LogP contribution in [0.1, 0.15) is 5.69 Å². The summed E-state index contributed by atoms with van der Waals surface area (Å²) in [6, 6.07) is 10.9. The van der Waals surface area contributed by atoms with Gasteiger partial charge in [0.25, 0.3) is 0 Å². The fourth-order valence-corrected chi connectivity index (χ4v) is 3.82. The van der Waals surface area contributed by atoms with E-state index in [1.54, 1.807) is 27.7 Å². The maximum Gasteiger partial charge on any atom is 0.174 e. The largest absolute Gasteiger partial charge is 0.324 e. The molecule has 154 valence electrons. The molecule has 4 heterocycles. The van der Waals surface area contributed by atoms with Crippen molar-refractivity contribution < 1.29 is 0 Å². The molecule has 4 aromatic heterocycles. The minimum absolute atomic E-state index is 0.375. The molecule has 0 aliphatic carbocycles. The molecule has 8 nitrogen and oxygen atoms in total. The van der Waals surface area contributed by atoms with E-state index in [1.807, 2.05) is 31.2 Å². The first-order chi connectivity index (χ1) is 15.0. The number of halogens is 3. The second kappa shape index (κ2) is 7.81. The number of anilines is 2. The lowest BCUT2D eigenvalue weighted by Crippen LogP contribution is -2.06. The van der Waals surface area contributed by atoms with E-state index in [4.69, 9.17) is 34.8 Å². The van der Waals surface area contributed by atoms with Gasteiger partial charge in [-0.05, 0) is 31.2 Å².